The lowest BCUT2D eigenvalue weighted by Crippen LogP contribution is -2.31. The van der Waals surface area contributed by atoms with Gasteiger partial charge in [0, 0.05) is 5.39 Å². The Hall–Kier alpha value is -4.10. The fourth-order valence-corrected chi connectivity index (χ4v) is 3.91. The summed E-state index contributed by atoms with van der Waals surface area (Å²) >= 11 is 0. The molecule has 0 spiro atoms. The monoisotopic (exact) mass is 427 g/mol. The van der Waals surface area contributed by atoms with Gasteiger partial charge in [0.15, 0.2) is 5.76 Å². The Morgan fingerprint density at radius 3 is 2.66 bits per heavy atom. The summed E-state index contributed by atoms with van der Waals surface area (Å²) in [6.07, 6.45) is 0. The minimum atomic E-state index is -0.539. The van der Waals surface area contributed by atoms with Crippen LogP contribution in [0.3, 0.4) is 0 Å². The van der Waals surface area contributed by atoms with Crippen molar-refractivity contribution >= 4 is 27.8 Å². The summed E-state index contributed by atoms with van der Waals surface area (Å²) in [6.45, 7) is -0.226. The van der Waals surface area contributed by atoms with E-state index in [2.05, 4.69) is 15.5 Å². The van der Waals surface area contributed by atoms with E-state index in [1.165, 1.54) is 7.11 Å². The molecule has 1 amide bonds. The third kappa shape index (κ3) is 3.38. The van der Waals surface area contributed by atoms with Crippen LogP contribution in [-0.2, 0) is 0 Å². The average molecular weight is 427 g/mol. The number of nitrogens with zero attached hydrogens (tertiary/aromatic N) is 1. The number of methoxy groups -OCH3 is 1. The van der Waals surface area contributed by atoms with Crippen molar-refractivity contribution in [1.29, 1.82) is 0 Å². The van der Waals surface area contributed by atoms with Crippen LogP contribution >= 0.6 is 0 Å². The third-order valence-corrected chi connectivity index (χ3v) is 5.48. The van der Waals surface area contributed by atoms with Crippen LogP contribution < -0.4 is 10.1 Å². The maximum absolute atomic E-state index is 13.2. The highest BCUT2D eigenvalue weighted by molar-refractivity contribution is 6.07. The van der Waals surface area contributed by atoms with Crippen molar-refractivity contribution in [3.05, 3.63) is 83.9 Å². The standard InChI is InChI=1S/C25H21N3O4/c1-31-24-17(25(30)26-19(14-29)15-7-3-2-4-8-15)11-12-18-22(24)23(28-27-18)21-13-16-9-5-6-10-20(16)32-21/h2-13,19,29H,14H2,1H3,(H,26,30)(H,27,28)/t19-/m1/s1. The number of amides is 1. The van der Waals surface area contributed by atoms with Crippen molar-refractivity contribution in [1.82, 2.24) is 15.5 Å². The fourth-order valence-electron chi connectivity index (χ4n) is 3.91. The van der Waals surface area contributed by atoms with E-state index in [-0.39, 0.29) is 12.5 Å². The molecule has 2 heterocycles. The Morgan fingerprint density at radius 1 is 1.12 bits per heavy atom. The number of carbonyl (C=O) groups is 1. The number of carbonyl (C=O) groups excluding carboxylic acids is 1. The molecule has 0 radical (unpaired) electrons. The number of aliphatic hydroxyl groups excluding tert-OH is 1. The first-order valence-corrected chi connectivity index (χ1v) is 10.2. The molecule has 2 aromatic heterocycles. The molecule has 5 rings (SSSR count). The molecule has 0 aliphatic rings. The Morgan fingerprint density at radius 2 is 1.91 bits per heavy atom. The van der Waals surface area contributed by atoms with Crippen LogP contribution in [0.15, 0.2) is 77.2 Å². The Labute approximate surface area is 183 Å². The highest BCUT2D eigenvalue weighted by atomic mass is 16.5. The molecule has 0 saturated carbocycles. The van der Waals surface area contributed by atoms with Crippen molar-refractivity contribution in [3.8, 4) is 17.2 Å². The zero-order valence-electron chi connectivity index (χ0n) is 17.3. The van der Waals surface area contributed by atoms with E-state index in [0.717, 1.165) is 22.0 Å². The quantitative estimate of drug-likeness (QED) is 0.372. The molecule has 1 atom stereocenters. The number of hydrogen-bond donors (Lipinski definition) is 3. The highest BCUT2D eigenvalue weighted by Crippen LogP contribution is 2.38. The van der Waals surface area contributed by atoms with Crippen molar-refractivity contribution in [2.24, 2.45) is 0 Å². The van der Waals surface area contributed by atoms with Crippen LogP contribution in [0.5, 0.6) is 5.75 Å². The minimum absolute atomic E-state index is 0.226. The van der Waals surface area contributed by atoms with Gasteiger partial charge in [0.05, 0.1) is 36.2 Å². The number of para-hydroxylation sites is 1. The molecule has 0 aliphatic carbocycles. The molecule has 0 bridgehead atoms. The van der Waals surface area contributed by atoms with E-state index in [9.17, 15) is 9.90 Å². The number of aliphatic hydroxyl groups is 1. The molecule has 0 fully saturated rings. The van der Waals surface area contributed by atoms with Gasteiger partial charge in [-0.05, 0) is 29.8 Å². The van der Waals surface area contributed by atoms with Gasteiger partial charge in [-0.25, -0.2) is 0 Å². The molecule has 32 heavy (non-hydrogen) atoms. The number of fused-ring (bicyclic) bond motifs is 2. The van der Waals surface area contributed by atoms with E-state index in [1.54, 1.807) is 12.1 Å². The van der Waals surface area contributed by atoms with Gasteiger partial charge in [0.25, 0.3) is 5.91 Å². The molecule has 3 N–H and O–H groups in total. The number of H-pyrrole nitrogens is 1. The van der Waals surface area contributed by atoms with Gasteiger partial charge in [-0.3, -0.25) is 9.89 Å². The predicted octanol–water partition coefficient (Wildman–Crippen LogP) is 4.45. The summed E-state index contributed by atoms with van der Waals surface area (Å²) in [5.74, 6) is 0.600. The van der Waals surface area contributed by atoms with Crippen LogP contribution in [0.4, 0.5) is 0 Å². The number of furan rings is 1. The average Bonchev–Trinajstić information content (AvgIpc) is 3.46. The summed E-state index contributed by atoms with van der Waals surface area (Å²) in [4.78, 5) is 13.2. The second-order valence-corrected chi connectivity index (χ2v) is 7.41. The highest BCUT2D eigenvalue weighted by Gasteiger charge is 2.24. The first kappa shape index (κ1) is 19.8. The summed E-state index contributed by atoms with van der Waals surface area (Å²) in [6, 6.07) is 21.9. The van der Waals surface area contributed by atoms with Crippen molar-refractivity contribution in [2.45, 2.75) is 6.04 Å². The molecule has 0 saturated heterocycles. The van der Waals surface area contributed by atoms with Gasteiger partial charge >= 0.3 is 0 Å². The lowest BCUT2D eigenvalue weighted by molar-refractivity contribution is 0.0913. The zero-order chi connectivity index (χ0) is 22.1. The third-order valence-electron chi connectivity index (χ3n) is 5.48. The summed E-state index contributed by atoms with van der Waals surface area (Å²) in [7, 11) is 1.52. The van der Waals surface area contributed by atoms with Gasteiger partial charge in [-0.15, -0.1) is 0 Å². The van der Waals surface area contributed by atoms with Crippen molar-refractivity contribution in [2.75, 3.05) is 13.7 Å². The Bertz CT molecular complexity index is 1370. The summed E-state index contributed by atoms with van der Waals surface area (Å²) in [5, 5.41) is 21.7. The van der Waals surface area contributed by atoms with Crippen LogP contribution in [-0.4, -0.2) is 34.9 Å². The minimum Gasteiger partial charge on any atom is -0.495 e. The first-order chi connectivity index (χ1) is 15.7. The lowest BCUT2D eigenvalue weighted by Gasteiger charge is -2.18. The second kappa shape index (κ2) is 8.20. The van der Waals surface area contributed by atoms with E-state index in [4.69, 9.17) is 9.15 Å². The number of ether oxygens (including phenoxy) is 1. The number of aromatic amines is 1. The number of rotatable bonds is 6. The maximum atomic E-state index is 13.2. The molecule has 7 heteroatoms. The normalized spacial score (nSPS) is 12.2. The van der Waals surface area contributed by atoms with Crippen LogP contribution in [0, 0.1) is 0 Å². The Kier molecular flexibility index (Phi) is 5.09. The second-order valence-electron chi connectivity index (χ2n) is 7.41. The molecule has 160 valence electrons. The van der Waals surface area contributed by atoms with Gasteiger partial charge in [0.2, 0.25) is 0 Å². The van der Waals surface area contributed by atoms with E-state index in [1.807, 2.05) is 60.7 Å². The maximum Gasteiger partial charge on any atom is 0.255 e. The molecule has 5 aromatic rings. The SMILES string of the molecule is COc1c(C(=O)N[C@H](CO)c2ccccc2)ccc2[nH]nc(-c3cc4ccccc4o3)c12. The Balaban J connectivity index is 1.57. The molecular weight excluding hydrogens is 406 g/mol. The van der Waals surface area contributed by atoms with Gasteiger partial charge in [-0.2, -0.15) is 5.10 Å². The van der Waals surface area contributed by atoms with E-state index >= 15 is 0 Å². The van der Waals surface area contributed by atoms with Crippen molar-refractivity contribution < 1.29 is 19.1 Å². The van der Waals surface area contributed by atoms with Gasteiger partial charge < -0.3 is 19.6 Å². The summed E-state index contributed by atoms with van der Waals surface area (Å²) < 4.78 is 11.7. The van der Waals surface area contributed by atoms with Crippen LogP contribution in [0.1, 0.15) is 22.0 Å². The smallest absolute Gasteiger partial charge is 0.255 e. The van der Waals surface area contributed by atoms with Crippen LogP contribution in [0.25, 0.3) is 33.3 Å². The topological polar surface area (TPSA) is 100 Å². The summed E-state index contributed by atoms with van der Waals surface area (Å²) in [5.41, 5.74) is 3.18. The van der Waals surface area contributed by atoms with E-state index < -0.39 is 6.04 Å². The molecule has 7 nitrogen and oxygen atoms in total. The largest absolute Gasteiger partial charge is 0.495 e. The van der Waals surface area contributed by atoms with Gasteiger partial charge in [0.1, 0.15) is 17.0 Å². The van der Waals surface area contributed by atoms with Crippen molar-refractivity contribution in [3.63, 3.8) is 0 Å². The number of hydrogen-bond acceptors (Lipinski definition) is 5. The van der Waals surface area contributed by atoms with Gasteiger partial charge in [-0.1, -0.05) is 48.5 Å². The predicted molar refractivity (Wildman–Crippen MR) is 122 cm³/mol. The molecule has 0 unspecified atom stereocenters. The lowest BCUT2D eigenvalue weighted by atomic mass is 10.0. The molecule has 3 aromatic carbocycles. The van der Waals surface area contributed by atoms with E-state index in [0.29, 0.717) is 28.2 Å². The number of benzene rings is 3. The van der Waals surface area contributed by atoms with Crippen LogP contribution in [0.2, 0.25) is 0 Å². The zero-order valence-corrected chi connectivity index (χ0v) is 17.3. The molecule has 0 aliphatic heterocycles. The fraction of sp³-hybridized carbons (Fsp3) is 0.120. The molecular formula is C25H21N3O4. The first-order valence-electron chi connectivity index (χ1n) is 10.2. The number of nitrogens with one attached hydrogen (secondary N) is 2. The number of aromatic nitrogens is 2.